The average molecular weight is 181 g/mol. The van der Waals surface area contributed by atoms with Crippen LogP contribution >= 0.6 is 0 Å². The van der Waals surface area contributed by atoms with Gasteiger partial charge in [0.05, 0.1) is 12.8 Å². The van der Waals surface area contributed by atoms with Crippen molar-refractivity contribution in [3.63, 3.8) is 0 Å². The third-order valence-corrected chi connectivity index (χ3v) is 1.44. The number of aliphatic hydroxyl groups excluding tert-OH is 1. The van der Waals surface area contributed by atoms with Crippen LogP contribution in [-0.4, -0.2) is 40.7 Å². The second kappa shape index (κ2) is 3.27. The fourth-order valence-corrected chi connectivity index (χ4v) is 0.883. The average Bonchev–Trinajstić information content (AvgIpc) is 2.76. The fourth-order valence-electron chi connectivity index (χ4n) is 0.883. The van der Waals surface area contributed by atoms with E-state index >= 15 is 0 Å². The van der Waals surface area contributed by atoms with E-state index in [1.54, 1.807) is 6.20 Å². The summed E-state index contributed by atoms with van der Waals surface area (Å²) in [6.45, 7) is 0.274. The third-order valence-electron chi connectivity index (χ3n) is 1.44. The van der Waals surface area contributed by atoms with Crippen molar-refractivity contribution in [2.24, 2.45) is 0 Å². The summed E-state index contributed by atoms with van der Waals surface area (Å²) in [7, 11) is 0. The Labute approximate surface area is 72.6 Å². The van der Waals surface area contributed by atoms with Gasteiger partial charge in [0, 0.05) is 0 Å². The van der Waals surface area contributed by atoms with Crippen molar-refractivity contribution in [2.45, 2.75) is 13.2 Å². The Morgan fingerprint density at radius 2 is 2.38 bits per heavy atom. The van der Waals surface area contributed by atoms with E-state index in [1.165, 1.54) is 4.68 Å². The van der Waals surface area contributed by atoms with E-state index in [9.17, 15) is 0 Å². The zero-order chi connectivity index (χ0) is 9.10. The monoisotopic (exact) mass is 181 g/mol. The number of nitrogens with zero attached hydrogens (tertiary/aromatic N) is 6. The molecule has 2 N–H and O–H groups in total. The van der Waals surface area contributed by atoms with Gasteiger partial charge < -0.3 is 5.11 Å². The van der Waals surface area contributed by atoms with Gasteiger partial charge in [0.1, 0.15) is 12.2 Å². The van der Waals surface area contributed by atoms with Crippen molar-refractivity contribution in [3.05, 3.63) is 17.7 Å². The molecule has 8 heteroatoms. The van der Waals surface area contributed by atoms with Crippen molar-refractivity contribution in [3.8, 4) is 0 Å². The first kappa shape index (κ1) is 7.80. The predicted octanol–water partition coefficient (Wildman–Crippen LogP) is -1.67. The summed E-state index contributed by atoms with van der Waals surface area (Å²) in [5, 5.41) is 29.4. The van der Waals surface area contributed by atoms with Crippen LogP contribution in [0.3, 0.4) is 0 Å². The van der Waals surface area contributed by atoms with E-state index in [4.69, 9.17) is 5.11 Å². The Bertz CT molecular complexity index is 366. The smallest absolute Gasteiger partial charge is 0.195 e. The molecule has 0 aliphatic rings. The number of hydrogen-bond donors (Lipinski definition) is 2. The normalized spacial score (nSPS) is 10.5. The number of nitrogens with one attached hydrogen (secondary N) is 1. The van der Waals surface area contributed by atoms with E-state index in [2.05, 4.69) is 30.9 Å². The van der Waals surface area contributed by atoms with Crippen LogP contribution in [0.15, 0.2) is 6.20 Å². The minimum Gasteiger partial charge on any atom is -0.390 e. The number of rotatable bonds is 3. The Morgan fingerprint density at radius 3 is 3.00 bits per heavy atom. The molecule has 0 unspecified atom stereocenters. The van der Waals surface area contributed by atoms with Crippen molar-refractivity contribution >= 4 is 0 Å². The summed E-state index contributed by atoms with van der Waals surface area (Å²) in [6, 6.07) is 0. The zero-order valence-corrected chi connectivity index (χ0v) is 6.62. The van der Waals surface area contributed by atoms with Gasteiger partial charge in [-0.15, -0.1) is 15.3 Å². The highest BCUT2D eigenvalue weighted by Gasteiger charge is 2.02. The van der Waals surface area contributed by atoms with Gasteiger partial charge in [-0.05, 0) is 0 Å². The van der Waals surface area contributed by atoms with E-state index in [0.717, 1.165) is 0 Å². The van der Waals surface area contributed by atoms with Crippen LogP contribution in [0.1, 0.15) is 11.5 Å². The number of hydrogen-bond acceptors (Lipinski definition) is 6. The molecule has 0 atom stereocenters. The lowest BCUT2D eigenvalue weighted by Crippen LogP contribution is -2.02. The highest BCUT2D eigenvalue weighted by atomic mass is 16.3. The Morgan fingerprint density at radius 1 is 1.46 bits per heavy atom. The Hall–Kier alpha value is -1.83. The maximum atomic E-state index is 8.71. The molecule has 0 aliphatic carbocycles. The first-order valence-corrected chi connectivity index (χ1v) is 3.60. The zero-order valence-electron chi connectivity index (χ0n) is 6.62. The Balaban J connectivity index is 2.10. The van der Waals surface area contributed by atoms with Crippen molar-refractivity contribution in [2.75, 3.05) is 0 Å². The lowest BCUT2D eigenvalue weighted by molar-refractivity contribution is 0.276. The fraction of sp³-hybridized carbons (Fsp3) is 0.400. The number of aromatic nitrogens is 7. The van der Waals surface area contributed by atoms with E-state index in [1.807, 2.05) is 0 Å². The number of aromatic amines is 1. The molecule has 0 amide bonds. The molecule has 0 aromatic carbocycles. The van der Waals surface area contributed by atoms with Crippen molar-refractivity contribution in [1.82, 2.24) is 35.6 Å². The molecule has 0 aliphatic heterocycles. The molecule has 13 heavy (non-hydrogen) atoms. The second-order valence-electron chi connectivity index (χ2n) is 2.39. The minimum atomic E-state index is -0.119. The van der Waals surface area contributed by atoms with Crippen LogP contribution in [0.5, 0.6) is 0 Å². The standard InChI is InChI=1S/C5H7N7O/c13-3-4-1-12(11-6-4)2-5-7-9-10-8-5/h1,13H,2-3H2,(H,7,8,9,10). The van der Waals surface area contributed by atoms with Gasteiger partial charge in [-0.1, -0.05) is 10.4 Å². The van der Waals surface area contributed by atoms with Gasteiger partial charge in [0.15, 0.2) is 5.82 Å². The highest BCUT2D eigenvalue weighted by Crippen LogP contribution is 1.94. The Kier molecular flexibility index (Phi) is 1.96. The van der Waals surface area contributed by atoms with E-state index in [0.29, 0.717) is 18.1 Å². The van der Waals surface area contributed by atoms with E-state index in [-0.39, 0.29) is 6.61 Å². The predicted molar refractivity (Wildman–Crippen MR) is 39.2 cm³/mol. The van der Waals surface area contributed by atoms with Crippen molar-refractivity contribution in [1.29, 1.82) is 0 Å². The number of H-pyrrole nitrogens is 1. The number of aliphatic hydroxyl groups is 1. The first-order valence-electron chi connectivity index (χ1n) is 3.60. The van der Waals surface area contributed by atoms with Gasteiger partial charge in [0.2, 0.25) is 0 Å². The molecule has 0 spiro atoms. The summed E-state index contributed by atoms with van der Waals surface area (Å²) in [4.78, 5) is 0. The molecular weight excluding hydrogens is 174 g/mol. The number of tetrazole rings is 1. The summed E-state index contributed by atoms with van der Waals surface area (Å²) in [5.74, 6) is 0.523. The van der Waals surface area contributed by atoms with Crippen molar-refractivity contribution < 1.29 is 5.11 Å². The van der Waals surface area contributed by atoms with Crippen LogP contribution in [-0.2, 0) is 13.2 Å². The highest BCUT2D eigenvalue weighted by molar-refractivity contribution is 4.91. The lowest BCUT2D eigenvalue weighted by Gasteiger charge is -1.91. The second-order valence-corrected chi connectivity index (χ2v) is 2.39. The SMILES string of the molecule is OCc1cn(Cc2nn[nH]n2)nn1. The molecule has 0 radical (unpaired) electrons. The molecule has 0 saturated heterocycles. The quantitative estimate of drug-likeness (QED) is 0.586. The van der Waals surface area contributed by atoms with Crippen LogP contribution in [0.2, 0.25) is 0 Å². The van der Waals surface area contributed by atoms with Crippen LogP contribution in [0.25, 0.3) is 0 Å². The van der Waals surface area contributed by atoms with Crippen LogP contribution in [0.4, 0.5) is 0 Å². The maximum Gasteiger partial charge on any atom is 0.195 e. The first-order chi connectivity index (χ1) is 6.38. The minimum absolute atomic E-state index is 0.119. The summed E-state index contributed by atoms with van der Waals surface area (Å²) in [5.41, 5.74) is 0.517. The molecule has 2 aromatic heterocycles. The van der Waals surface area contributed by atoms with E-state index < -0.39 is 0 Å². The van der Waals surface area contributed by atoms with Gasteiger partial charge in [0.25, 0.3) is 0 Å². The molecule has 0 saturated carbocycles. The molecule has 8 nitrogen and oxygen atoms in total. The lowest BCUT2D eigenvalue weighted by atomic mass is 10.5. The molecule has 0 fully saturated rings. The largest absolute Gasteiger partial charge is 0.390 e. The molecule has 2 heterocycles. The molecule has 0 bridgehead atoms. The molecular formula is C5H7N7O. The molecule has 2 rings (SSSR count). The summed E-state index contributed by atoms with van der Waals surface area (Å²) >= 11 is 0. The van der Waals surface area contributed by atoms with Crippen LogP contribution < -0.4 is 0 Å². The molecule has 68 valence electrons. The summed E-state index contributed by atoms with van der Waals surface area (Å²) in [6.07, 6.45) is 1.62. The third kappa shape index (κ3) is 1.67. The summed E-state index contributed by atoms with van der Waals surface area (Å²) < 4.78 is 1.52. The van der Waals surface area contributed by atoms with Crippen LogP contribution in [0, 0.1) is 0 Å². The maximum absolute atomic E-state index is 8.71. The van der Waals surface area contributed by atoms with Gasteiger partial charge in [-0.25, -0.2) is 4.68 Å². The van der Waals surface area contributed by atoms with Gasteiger partial charge in [-0.3, -0.25) is 0 Å². The van der Waals surface area contributed by atoms with Gasteiger partial charge >= 0.3 is 0 Å². The molecule has 2 aromatic rings. The topological polar surface area (TPSA) is 105 Å². The van der Waals surface area contributed by atoms with Gasteiger partial charge in [-0.2, -0.15) is 5.21 Å².